The fraction of sp³-hybridized carbons (Fsp3) is 0.450. The zero-order valence-electron chi connectivity index (χ0n) is 17.2. The predicted molar refractivity (Wildman–Crippen MR) is 107 cm³/mol. The molecule has 0 radical (unpaired) electrons. The standard InChI is InChI=1S/C20H23F3N8/c1-13-8-17(31-27-5-6-28-31)16(24-9-13)12-30-7-3-4-15(14(30)2)29-19-11-25-18(10-26-19)20(21,22)23/h5-6,8-11,14-15H,3-4,7,12H2,1-2H3,(H,26,29)/t14-,15+/m0/s1. The second kappa shape index (κ2) is 8.58. The molecule has 1 N–H and O–H groups in total. The Morgan fingerprint density at radius 3 is 2.55 bits per heavy atom. The van der Waals surface area contributed by atoms with Crippen LogP contribution in [0.5, 0.6) is 0 Å². The lowest BCUT2D eigenvalue weighted by molar-refractivity contribution is -0.141. The number of alkyl halides is 3. The zero-order chi connectivity index (χ0) is 22.0. The monoisotopic (exact) mass is 432 g/mol. The van der Waals surface area contributed by atoms with Gasteiger partial charge in [0, 0.05) is 24.8 Å². The van der Waals surface area contributed by atoms with Crippen molar-refractivity contribution in [2.24, 2.45) is 0 Å². The summed E-state index contributed by atoms with van der Waals surface area (Å²) in [5.41, 5.74) is 1.72. The number of likely N-dealkylation sites (tertiary alicyclic amines) is 1. The van der Waals surface area contributed by atoms with Crippen LogP contribution in [-0.2, 0) is 12.7 Å². The third-order valence-electron chi connectivity index (χ3n) is 5.47. The van der Waals surface area contributed by atoms with E-state index in [-0.39, 0.29) is 12.1 Å². The van der Waals surface area contributed by atoms with Crippen molar-refractivity contribution in [1.29, 1.82) is 0 Å². The van der Waals surface area contributed by atoms with Gasteiger partial charge in [-0.2, -0.15) is 23.4 Å². The van der Waals surface area contributed by atoms with E-state index in [1.165, 1.54) is 0 Å². The Kier molecular flexibility index (Phi) is 5.86. The Morgan fingerprint density at radius 1 is 1.10 bits per heavy atom. The summed E-state index contributed by atoms with van der Waals surface area (Å²) in [4.78, 5) is 15.9. The van der Waals surface area contributed by atoms with E-state index in [1.807, 2.05) is 19.2 Å². The molecule has 0 aliphatic carbocycles. The fourth-order valence-corrected chi connectivity index (χ4v) is 3.78. The van der Waals surface area contributed by atoms with Crippen LogP contribution >= 0.6 is 0 Å². The molecule has 1 fully saturated rings. The Bertz CT molecular complexity index is 1000. The first kappa shape index (κ1) is 21.2. The maximum absolute atomic E-state index is 12.7. The molecule has 1 aliphatic rings. The van der Waals surface area contributed by atoms with Gasteiger partial charge in [-0.15, -0.1) is 4.80 Å². The molecule has 0 saturated carbocycles. The highest BCUT2D eigenvalue weighted by atomic mass is 19.4. The molecule has 0 aromatic carbocycles. The lowest BCUT2D eigenvalue weighted by Gasteiger charge is -2.39. The number of aryl methyl sites for hydroxylation is 1. The van der Waals surface area contributed by atoms with Gasteiger partial charge < -0.3 is 5.32 Å². The molecular formula is C20H23F3N8. The molecule has 2 atom stereocenters. The Labute approximate surface area is 177 Å². The number of aromatic nitrogens is 6. The number of nitrogens with zero attached hydrogens (tertiary/aromatic N) is 7. The topological polar surface area (TPSA) is 84.7 Å². The van der Waals surface area contributed by atoms with Crippen molar-refractivity contribution in [2.45, 2.75) is 51.5 Å². The Balaban J connectivity index is 1.48. The van der Waals surface area contributed by atoms with Crippen LogP contribution in [0.2, 0.25) is 0 Å². The molecule has 31 heavy (non-hydrogen) atoms. The van der Waals surface area contributed by atoms with E-state index in [0.29, 0.717) is 12.4 Å². The minimum absolute atomic E-state index is 0.0245. The maximum atomic E-state index is 12.7. The van der Waals surface area contributed by atoms with Gasteiger partial charge in [0.2, 0.25) is 0 Å². The summed E-state index contributed by atoms with van der Waals surface area (Å²) in [5, 5.41) is 11.7. The van der Waals surface area contributed by atoms with E-state index in [0.717, 1.165) is 48.7 Å². The van der Waals surface area contributed by atoms with E-state index in [9.17, 15) is 13.2 Å². The number of hydrogen-bond acceptors (Lipinski definition) is 7. The van der Waals surface area contributed by atoms with Crippen LogP contribution in [0.4, 0.5) is 19.0 Å². The van der Waals surface area contributed by atoms with Crippen LogP contribution in [0, 0.1) is 6.92 Å². The average molecular weight is 432 g/mol. The van der Waals surface area contributed by atoms with Gasteiger partial charge in [0.05, 0.1) is 30.5 Å². The minimum atomic E-state index is -4.50. The summed E-state index contributed by atoms with van der Waals surface area (Å²) in [5.74, 6) is 0.335. The van der Waals surface area contributed by atoms with Gasteiger partial charge in [0.25, 0.3) is 0 Å². The molecule has 11 heteroatoms. The normalized spacial score (nSPS) is 20.0. The first-order valence-corrected chi connectivity index (χ1v) is 10.0. The van der Waals surface area contributed by atoms with E-state index in [2.05, 4.69) is 42.3 Å². The molecular weight excluding hydrogens is 409 g/mol. The van der Waals surface area contributed by atoms with Crippen LogP contribution < -0.4 is 5.32 Å². The molecule has 1 aliphatic heterocycles. The Hall–Kier alpha value is -3.08. The summed E-state index contributed by atoms with van der Waals surface area (Å²) < 4.78 is 38.1. The van der Waals surface area contributed by atoms with E-state index in [1.54, 1.807) is 17.2 Å². The van der Waals surface area contributed by atoms with E-state index >= 15 is 0 Å². The zero-order valence-corrected chi connectivity index (χ0v) is 17.2. The van der Waals surface area contributed by atoms with Crippen molar-refractivity contribution >= 4 is 5.82 Å². The van der Waals surface area contributed by atoms with Crippen molar-refractivity contribution in [3.63, 3.8) is 0 Å². The average Bonchev–Trinajstić information content (AvgIpc) is 3.26. The molecule has 4 heterocycles. The molecule has 0 amide bonds. The third-order valence-corrected chi connectivity index (χ3v) is 5.47. The minimum Gasteiger partial charge on any atom is -0.364 e. The largest absolute Gasteiger partial charge is 0.434 e. The molecule has 1 saturated heterocycles. The SMILES string of the molecule is Cc1cnc(CN2CCC[C@@H](Nc3cnc(C(F)(F)F)cn3)[C@@H]2C)c(-n2nccn2)c1. The van der Waals surface area contributed by atoms with Crippen molar-refractivity contribution in [1.82, 2.24) is 34.8 Å². The molecule has 0 unspecified atom stereocenters. The highest BCUT2D eigenvalue weighted by molar-refractivity contribution is 5.37. The van der Waals surface area contributed by atoms with Crippen LogP contribution in [0.1, 0.15) is 36.7 Å². The van der Waals surface area contributed by atoms with Crippen LogP contribution in [-0.4, -0.2) is 53.5 Å². The number of rotatable bonds is 5. The molecule has 0 spiro atoms. The summed E-state index contributed by atoms with van der Waals surface area (Å²) >= 11 is 0. The number of nitrogens with one attached hydrogen (secondary N) is 1. The molecule has 0 bridgehead atoms. The van der Waals surface area contributed by atoms with Crippen molar-refractivity contribution in [2.75, 3.05) is 11.9 Å². The van der Waals surface area contributed by atoms with Crippen LogP contribution in [0.3, 0.4) is 0 Å². The van der Waals surface area contributed by atoms with Gasteiger partial charge in [0.15, 0.2) is 5.69 Å². The van der Waals surface area contributed by atoms with Gasteiger partial charge in [-0.25, -0.2) is 9.97 Å². The number of piperidine rings is 1. The Morgan fingerprint density at radius 2 is 1.87 bits per heavy atom. The van der Waals surface area contributed by atoms with Crippen molar-refractivity contribution in [3.8, 4) is 5.69 Å². The highest BCUT2D eigenvalue weighted by Gasteiger charge is 2.33. The van der Waals surface area contributed by atoms with Crippen molar-refractivity contribution < 1.29 is 13.2 Å². The second-order valence-electron chi connectivity index (χ2n) is 7.69. The molecule has 4 rings (SSSR count). The van der Waals surface area contributed by atoms with E-state index in [4.69, 9.17) is 0 Å². The van der Waals surface area contributed by atoms with Gasteiger partial charge >= 0.3 is 6.18 Å². The molecule has 3 aromatic rings. The molecule has 164 valence electrons. The predicted octanol–water partition coefficient (Wildman–Crippen LogP) is 3.24. The number of pyridine rings is 1. The summed E-state index contributed by atoms with van der Waals surface area (Å²) in [7, 11) is 0. The second-order valence-corrected chi connectivity index (χ2v) is 7.69. The smallest absolute Gasteiger partial charge is 0.364 e. The van der Waals surface area contributed by atoms with Gasteiger partial charge in [-0.1, -0.05) is 0 Å². The fourth-order valence-electron chi connectivity index (χ4n) is 3.78. The molecule has 8 nitrogen and oxygen atoms in total. The lowest BCUT2D eigenvalue weighted by atomic mass is 9.97. The summed E-state index contributed by atoms with van der Waals surface area (Å²) in [6.45, 7) is 5.56. The van der Waals surface area contributed by atoms with Crippen LogP contribution in [0.15, 0.2) is 37.1 Å². The number of halogens is 3. The van der Waals surface area contributed by atoms with Gasteiger partial charge in [0.1, 0.15) is 11.5 Å². The van der Waals surface area contributed by atoms with E-state index < -0.39 is 11.9 Å². The lowest BCUT2D eigenvalue weighted by Crippen LogP contribution is -2.49. The summed E-state index contributed by atoms with van der Waals surface area (Å²) in [6, 6.07) is 2.14. The highest BCUT2D eigenvalue weighted by Crippen LogP contribution is 2.28. The van der Waals surface area contributed by atoms with Gasteiger partial charge in [-0.3, -0.25) is 9.88 Å². The maximum Gasteiger partial charge on any atom is 0.434 e. The van der Waals surface area contributed by atoms with Crippen LogP contribution in [0.25, 0.3) is 5.69 Å². The van der Waals surface area contributed by atoms with Gasteiger partial charge in [-0.05, 0) is 44.9 Å². The summed E-state index contributed by atoms with van der Waals surface area (Å²) in [6.07, 6.45) is 4.30. The van der Waals surface area contributed by atoms with Crippen molar-refractivity contribution in [3.05, 3.63) is 54.0 Å². The molecule has 3 aromatic heterocycles. The first-order chi connectivity index (χ1) is 14.8. The first-order valence-electron chi connectivity index (χ1n) is 10.0. The number of hydrogen-bond donors (Lipinski definition) is 1. The quantitative estimate of drug-likeness (QED) is 0.663. The number of anilines is 1. The third kappa shape index (κ3) is 4.82.